The lowest BCUT2D eigenvalue weighted by Gasteiger charge is -2.00. The van der Waals surface area contributed by atoms with Gasteiger partial charge in [0.1, 0.15) is 5.82 Å². The first-order chi connectivity index (χ1) is 6.75. The van der Waals surface area contributed by atoms with Gasteiger partial charge < -0.3 is 11.1 Å². The predicted octanol–water partition coefficient (Wildman–Crippen LogP) is 0.366. The van der Waals surface area contributed by atoms with Crippen molar-refractivity contribution in [2.75, 3.05) is 5.32 Å². The van der Waals surface area contributed by atoms with Gasteiger partial charge in [0.2, 0.25) is 5.91 Å². The molecule has 0 spiro atoms. The van der Waals surface area contributed by atoms with E-state index in [2.05, 4.69) is 15.5 Å². The Morgan fingerprint density at radius 1 is 1.64 bits per heavy atom. The Bertz CT molecular complexity index is 499. The van der Waals surface area contributed by atoms with E-state index in [1.54, 1.807) is 6.20 Å². The molecule has 0 aliphatic carbocycles. The van der Waals surface area contributed by atoms with Crippen LogP contribution in [0.25, 0.3) is 0 Å². The van der Waals surface area contributed by atoms with Gasteiger partial charge in [0, 0.05) is 12.0 Å². The van der Waals surface area contributed by atoms with Crippen molar-refractivity contribution < 1.29 is 4.79 Å². The molecule has 4 N–H and O–H groups in total. The third-order valence-electron chi connectivity index (χ3n) is 2.30. The molecule has 1 unspecified atom stereocenters. The van der Waals surface area contributed by atoms with E-state index in [1.807, 2.05) is 5.41 Å². The minimum atomic E-state index is -0.328. The fourth-order valence-electron chi connectivity index (χ4n) is 1.62. The highest BCUT2D eigenvalue weighted by atomic mass is 32.2. The average molecular weight is 208 g/mol. The molecular formula is C8H8N4OS. The molecular weight excluding hydrogens is 200 g/mol. The van der Waals surface area contributed by atoms with Gasteiger partial charge >= 0.3 is 0 Å². The van der Waals surface area contributed by atoms with E-state index in [4.69, 9.17) is 5.73 Å². The van der Waals surface area contributed by atoms with E-state index in [-0.39, 0.29) is 16.4 Å². The number of H-pyrrole nitrogens is 1. The van der Waals surface area contributed by atoms with Crippen LogP contribution in [-0.2, 0) is 4.79 Å². The summed E-state index contributed by atoms with van der Waals surface area (Å²) in [6.45, 7) is 0. The number of hydrogen-bond acceptors (Lipinski definition) is 3. The summed E-state index contributed by atoms with van der Waals surface area (Å²) in [5, 5.41) is 12.0. The molecule has 3 rings (SSSR count). The molecule has 0 saturated carbocycles. The zero-order valence-corrected chi connectivity index (χ0v) is 8.02. The Kier molecular flexibility index (Phi) is 1.38. The molecule has 2 aliphatic heterocycles. The van der Waals surface area contributed by atoms with Gasteiger partial charge in [0.25, 0.3) is 0 Å². The van der Waals surface area contributed by atoms with Crippen LogP contribution in [-0.4, -0.2) is 21.1 Å². The van der Waals surface area contributed by atoms with Gasteiger partial charge in [-0.25, -0.2) is 0 Å². The molecule has 0 fully saturated rings. The molecule has 6 heteroatoms. The second-order valence-electron chi connectivity index (χ2n) is 3.18. The number of anilines is 1. The summed E-state index contributed by atoms with van der Waals surface area (Å²) in [7, 11) is -0.113. The van der Waals surface area contributed by atoms with Gasteiger partial charge in [-0.15, -0.1) is 10.5 Å². The van der Waals surface area contributed by atoms with Gasteiger partial charge in [-0.2, -0.15) is 5.10 Å². The van der Waals surface area contributed by atoms with Crippen molar-refractivity contribution in [2.24, 2.45) is 5.73 Å². The first-order valence-electron chi connectivity index (χ1n) is 4.15. The maximum atomic E-state index is 11.0. The molecule has 0 radical (unpaired) electrons. The maximum Gasteiger partial charge on any atom is 0.245 e. The molecule has 1 atom stereocenters. The predicted molar refractivity (Wildman–Crippen MR) is 55.0 cm³/mol. The second kappa shape index (κ2) is 2.48. The Morgan fingerprint density at radius 3 is 3.29 bits per heavy atom. The van der Waals surface area contributed by atoms with Crippen LogP contribution in [0.3, 0.4) is 0 Å². The smallest absolute Gasteiger partial charge is 0.245 e. The molecule has 0 saturated heterocycles. The molecule has 0 bridgehead atoms. The number of nitrogens with zero attached hydrogens (tertiary/aromatic N) is 1. The molecule has 1 amide bonds. The van der Waals surface area contributed by atoms with Crippen LogP contribution in [0.2, 0.25) is 0 Å². The van der Waals surface area contributed by atoms with Gasteiger partial charge in [-0.1, -0.05) is 0 Å². The van der Waals surface area contributed by atoms with E-state index >= 15 is 0 Å². The highest BCUT2D eigenvalue weighted by Crippen LogP contribution is 2.45. The molecule has 3 heterocycles. The van der Waals surface area contributed by atoms with Crippen molar-refractivity contribution in [3.63, 3.8) is 0 Å². The van der Waals surface area contributed by atoms with E-state index < -0.39 is 0 Å². The van der Waals surface area contributed by atoms with Crippen molar-refractivity contribution in [3.8, 4) is 0 Å². The zero-order valence-electron chi connectivity index (χ0n) is 7.20. The lowest BCUT2D eigenvalue weighted by molar-refractivity contribution is -0.114. The summed E-state index contributed by atoms with van der Waals surface area (Å²) in [6.07, 6.45) is 2.43. The lowest BCUT2D eigenvalue weighted by Crippen LogP contribution is -2.16. The summed E-state index contributed by atoms with van der Waals surface area (Å²) in [5.74, 6) is 0.620. The molecule has 1 aromatic rings. The van der Waals surface area contributed by atoms with E-state index in [0.29, 0.717) is 12.0 Å². The van der Waals surface area contributed by atoms with Crippen molar-refractivity contribution in [2.45, 2.75) is 11.3 Å². The number of amides is 1. The van der Waals surface area contributed by atoms with Crippen LogP contribution in [0.5, 0.6) is 0 Å². The fourth-order valence-corrected chi connectivity index (χ4v) is 3.64. The number of carbonyl (C=O) groups is 1. The minimum absolute atomic E-state index is 0.113. The van der Waals surface area contributed by atoms with E-state index in [0.717, 1.165) is 15.7 Å². The summed E-state index contributed by atoms with van der Waals surface area (Å²) < 4.78 is 0. The summed E-state index contributed by atoms with van der Waals surface area (Å²) in [4.78, 5) is 13.2. The highest BCUT2D eigenvalue weighted by Gasteiger charge is 2.27. The van der Waals surface area contributed by atoms with E-state index in [9.17, 15) is 4.79 Å². The van der Waals surface area contributed by atoms with Gasteiger partial charge in [-0.05, 0) is 5.41 Å². The van der Waals surface area contributed by atoms with Gasteiger partial charge in [0.15, 0.2) is 0 Å². The van der Waals surface area contributed by atoms with Gasteiger partial charge in [-0.3, -0.25) is 9.89 Å². The molecule has 1 aromatic heterocycles. The summed E-state index contributed by atoms with van der Waals surface area (Å²) in [5.41, 5.74) is 5.93. The van der Waals surface area contributed by atoms with Crippen molar-refractivity contribution in [1.29, 1.82) is 0 Å². The standard InChI is InChI=1S/C8H8N4OS/c9-7(13)4-1-6-11-8-5(2-10-12-8)14(6)3-4/h2-3H,1H2,(H2,9,13)(H2,10,11,12). The first kappa shape index (κ1) is 7.81. The minimum Gasteiger partial charge on any atom is -0.366 e. The van der Waals surface area contributed by atoms with E-state index in [1.165, 1.54) is 0 Å². The third-order valence-corrected chi connectivity index (χ3v) is 4.38. The first-order valence-corrected chi connectivity index (χ1v) is 5.44. The zero-order chi connectivity index (χ0) is 9.71. The Labute approximate surface area is 82.3 Å². The second-order valence-corrected chi connectivity index (χ2v) is 5.02. The molecule has 0 aromatic carbocycles. The SMILES string of the molecule is NC(=O)C1=CS2=C(C1)Nc1[nH]ncc12. The number of aromatic amines is 1. The van der Waals surface area contributed by atoms with Crippen molar-refractivity contribution in [1.82, 2.24) is 10.2 Å². The quantitative estimate of drug-likeness (QED) is 0.583. The summed E-state index contributed by atoms with van der Waals surface area (Å²) in [6, 6.07) is 0. The number of nitrogens with two attached hydrogens (primary N) is 1. The summed E-state index contributed by atoms with van der Waals surface area (Å²) >= 11 is 0. The lowest BCUT2D eigenvalue weighted by atomic mass is 10.2. The van der Waals surface area contributed by atoms with Crippen molar-refractivity contribution in [3.05, 3.63) is 17.2 Å². The molecule has 14 heavy (non-hydrogen) atoms. The van der Waals surface area contributed by atoms with Crippen LogP contribution in [0.15, 0.2) is 22.1 Å². The normalized spacial score (nSPS) is 22.7. The fraction of sp³-hybridized carbons (Fsp3) is 0.125. The van der Waals surface area contributed by atoms with Crippen LogP contribution in [0, 0.1) is 0 Å². The monoisotopic (exact) mass is 208 g/mol. The third kappa shape index (κ3) is 0.884. The van der Waals surface area contributed by atoms with Crippen LogP contribution in [0.1, 0.15) is 6.42 Å². The van der Waals surface area contributed by atoms with Crippen LogP contribution < -0.4 is 11.1 Å². The highest BCUT2D eigenvalue weighted by molar-refractivity contribution is 8.19. The number of hydrogen-bond donors (Lipinski definition) is 3. The topological polar surface area (TPSA) is 83.8 Å². The Balaban J connectivity index is 2.06. The number of aromatic nitrogens is 2. The van der Waals surface area contributed by atoms with Crippen LogP contribution >= 0.6 is 10.5 Å². The number of rotatable bonds is 1. The average Bonchev–Trinajstić information content (AvgIpc) is 2.70. The largest absolute Gasteiger partial charge is 0.366 e. The Hall–Kier alpha value is -1.56. The maximum absolute atomic E-state index is 11.0. The molecule has 2 aliphatic rings. The van der Waals surface area contributed by atoms with Crippen molar-refractivity contribution >= 4 is 27.2 Å². The number of primary amides is 1. The molecule has 72 valence electrons. The Morgan fingerprint density at radius 2 is 2.50 bits per heavy atom. The number of carbonyl (C=O) groups excluding carboxylic acids is 1. The molecule has 5 nitrogen and oxygen atoms in total. The number of nitrogens with one attached hydrogen (secondary N) is 2. The van der Waals surface area contributed by atoms with Crippen LogP contribution in [0.4, 0.5) is 5.82 Å². The number of fused-ring (bicyclic) bond motifs is 2. The van der Waals surface area contributed by atoms with Gasteiger partial charge in [0.05, 0.1) is 16.1 Å².